The van der Waals surface area contributed by atoms with Gasteiger partial charge in [0.05, 0.1) is 0 Å². The summed E-state index contributed by atoms with van der Waals surface area (Å²) in [6.45, 7) is 9.07. The van der Waals surface area contributed by atoms with Crippen LogP contribution in [0.2, 0.25) is 0 Å². The van der Waals surface area contributed by atoms with Crippen molar-refractivity contribution in [2.75, 3.05) is 0 Å². The third kappa shape index (κ3) is 4.67. The van der Waals surface area contributed by atoms with Crippen LogP contribution in [0.5, 0.6) is 5.88 Å². The summed E-state index contributed by atoms with van der Waals surface area (Å²) in [6, 6.07) is 1.90. The van der Waals surface area contributed by atoms with Crippen LogP contribution in [0.15, 0.2) is 10.7 Å². The summed E-state index contributed by atoms with van der Waals surface area (Å²) in [5, 5.41) is 0. The van der Waals surface area contributed by atoms with Crippen molar-refractivity contribution in [3.05, 3.63) is 16.5 Å². The molecule has 0 aliphatic heterocycles. The zero-order chi connectivity index (χ0) is 15.4. The Kier molecular flexibility index (Phi) is 6.03. The molecule has 1 fully saturated rings. The molecule has 3 atom stereocenters. The fourth-order valence-electron chi connectivity index (χ4n) is 3.24. The average molecular weight is 355 g/mol. The molecule has 3 unspecified atom stereocenters. The second-order valence-corrected chi connectivity index (χ2v) is 7.49. The van der Waals surface area contributed by atoms with E-state index in [4.69, 9.17) is 4.74 Å². The van der Waals surface area contributed by atoms with Gasteiger partial charge in [-0.25, -0.2) is 4.98 Å². The molecular weight excluding hydrogens is 328 g/mol. The molecule has 0 radical (unpaired) electrons. The molecule has 118 valence electrons. The first-order chi connectivity index (χ1) is 9.99. The van der Waals surface area contributed by atoms with Gasteiger partial charge < -0.3 is 4.74 Å². The van der Waals surface area contributed by atoms with Gasteiger partial charge in [-0.05, 0) is 52.9 Å². The Morgan fingerprint density at radius 3 is 2.76 bits per heavy atom. The Morgan fingerprint density at radius 1 is 1.33 bits per heavy atom. The minimum absolute atomic E-state index is 0.282. The maximum Gasteiger partial charge on any atom is 0.218 e. The second-order valence-electron chi connectivity index (χ2n) is 6.68. The fourth-order valence-corrected chi connectivity index (χ4v) is 3.64. The third-order valence-corrected chi connectivity index (χ3v) is 4.83. The van der Waals surface area contributed by atoms with Gasteiger partial charge >= 0.3 is 0 Å². The Labute approximate surface area is 137 Å². The van der Waals surface area contributed by atoms with Crippen LogP contribution in [0.3, 0.4) is 0 Å². The normalized spacial score (nSPS) is 26.1. The minimum Gasteiger partial charge on any atom is -0.474 e. The monoisotopic (exact) mass is 354 g/mol. The lowest BCUT2D eigenvalue weighted by Gasteiger charge is -2.37. The highest BCUT2D eigenvalue weighted by atomic mass is 79.9. The maximum atomic E-state index is 6.29. The summed E-state index contributed by atoms with van der Waals surface area (Å²) in [5.41, 5.74) is 0. The van der Waals surface area contributed by atoms with Crippen LogP contribution >= 0.6 is 15.9 Å². The van der Waals surface area contributed by atoms with Crippen molar-refractivity contribution in [1.82, 2.24) is 9.97 Å². The van der Waals surface area contributed by atoms with Crippen LogP contribution in [0.1, 0.15) is 59.2 Å². The lowest BCUT2D eigenvalue weighted by molar-refractivity contribution is 0.0423. The first kappa shape index (κ1) is 16.7. The van der Waals surface area contributed by atoms with Gasteiger partial charge in [-0.2, -0.15) is 4.98 Å². The van der Waals surface area contributed by atoms with Crippen LogP contribution < -0.4 is 4.74 Å². The van der Waals surface area contributed by atoms with E-state index in [0.717, 1.165) is 41.5 Å². The Balaban J connectivity index is 2.14. The van der Waals surface area contributed by atoms with E-state index >= 15 is 0 Å². The Bertz CT molecular complexity index is 464. The smallest absolute Gasteiger partial charge is 0.218 e. The zero-order valence-corrected chi connectivity index (χ0v) is 15.2. The van der Waals surface area contributed by atoms with E-state index in [-0.39, 0.29) is 6.10 Å². The summed E-state index contributed by atoms with van der Waals surface area (Å²) >= 11 is 3.47. The van der Waals surface area contributed by atoms with E-state index in [1.54, 1.807) is 0 Å². The number of aryl methyl sites for hydroxylation is 1. The van der Waals surface area contributed by atoms with Crippen molar-refractivity contribution in [2.24, 2.45) is 17.8 Å². The SMILES string of the molecule is CCCc1nc(Br)cc(OC2CC(C)CCC2C(C)C)n1. The largest absolute Gasteiger partial charge is 0.474 e. The highest BCUT2D eigenvalue weighted by molar-refractivity contribution is 9.10. The summed E-state index contributed by atoms with van der Waals surface area (Å²) in [5.74, 6) is 3.62. The topological polar surface area (TPSA) is 35.0 Å². The number of hydrogen-bond donors (Lipinski definition) is 0. The molecule has 1 aliphatic carbocycles. The van der Waals surface area contributed by atoms with Crippen molar-refractivity contribution < 1.29 is 4.74 Å². The molecule has 1 aromatic heterocycles. The molecule has 0 bridgehead atoms. The zero-order valence-electron chi connectivity index (χ0n) is 13.6. The van der Waals surface area contributed by atoms with Gasteiger partial charge in [0.1, 0.15) is 16.5 Å². The molecule has 3 nitrogen and oxygen atoms in total. The number of hydrogen-bond acceptors (Lipinski definition) is 3. The first-order valence-electron chi connectivity index (χ1n) is 8.19. The molecule has 0 amide bonds. The lowest BCUT2D eigenvalue weighted by Crippen LogP contribution is -2.36. The molecule has 21 heavy (non-hydrogen) atoms. The molecule has 0 N–H and O–H groups in total. The number of halogens is 1. The number of rotatable bonds is 5. The van der Waals surface area contributed by atoms with Crippen molar-refractivity contribution in [3.8, 4) is 5.88 Å². The van der Waals surface area contributed by atoms with E-state index in [1.807, 2.05) is 6.07 Å². The highest BCUT2D eigenvalue weighted by Crippen LogP contribution is 2.35. The van der Waals surface area contributed by atoms with E-state index in [9.17, 15) is 0 Å². The molecule has 1 aliphatic rings. The first-order valence-corrected chi connectivity index (χ1v) is 8.99. The molecule has 0 spiro atoms. The van der Waals surface area contributed by atoms with Crippen LogP contribution in [-0.4, -0.2) is 16.1 Å². The maximum absolute atomic E-state index is 6.29. The number of ether oxygens (including phenoxy) is 1. The van der Waals surface area contributed by atoms with E-state index < -0.39 is 0 Å². The van der Waals surface area contributed by atoms with Crippen LogP contribution in [0.25, 0.3) is 0 Å². The van der Waals surface area contributed by atoms with Crippen molar-refractivity contribution in [1.29, 1.82) is 0 Å². The Morgan fingerprint density at radius 2 is 2.10 bits per heavy atom. The minimum atomic E-state index is 0.282. The van der Waals surface area contributed by atoms with Gasteiger partial charge in [0.2, 0.25) is 5.88 Å². The molecule has 4 heteroatoms. The molecule has 1 aromatic rings. The highest BCUT2D eigenvalue weighted by Gasteiger charge is 2.32. The predicted octanol–water partition coefficient (Wildman–Crippen LogP) is 5.03. The van der Waals surface area contributed by atoms with Crippen LogP contribution in [0.4, 0.5) is 0 Å². The van der Waals surface area contributed by atoms with Gasteiger partial charge in [-0.3, -0.25) is 0 Å². The summed E-state index contributed by atoms with van der Waals surface area (Å²) in [4.78, 5) is 8.98. The van der Waals surface area contributed by atoms with Crippen molar-refractivity contribution in [2.45, 2.75) is 65.9 Å². The Hall–Kier alpha value is -0.640. The fraction of sp³-hybridized carbons (Fsp3) is 0.765. The quantitative estimate of drug-likeness (QED) is 0.695. The third-order valence-electron chi connectivity index (χ3n) is 4.42. The van der Waals surface area contributed by atoms with E-state index in [2.05, 4.69) is 53.6 Å². The lowest BCUT2D eigenvalue weighted by atomic mass is 9.75. The van der Waals surface area contributed by atoms with Crippen LogP contribution in [0, 0.1) is 17.8 Å². The van der Waals surface area contributed by atoms with Gasteiger partial charge in [-0.1, -0.05) is 34.1 Å². The predicted molar refractivity (Wildman–Crippen MR) is 89.5 cm³/mol. The summed E-state index contributed by atoms with van der Waals surface area (Å²) in [7, 11) is 0. The summed E-state index contributed by atoms with van der Waals surface area (Å²) < 4.78 is 7.11. The molecular formula is C17H27BrN2O. The van der Waals surface area contributed by atoms with Gasteiger partial charge in [0, 0.05) is 12.5 Å². The molecule has 1 heterocycles. The van der Waals surface area contributed by atoms with Gasteiger partial charge in [-0.15, -0.1) is 0 Å². The van der Waals surface area contributed by atoms with Gasteiger partial charge in [0.15, 0.2) is 0 Å². The van der Waals surface area contributed by atoms with Crippen molar-refractivity contribution >= 4 is 15.9 Å². The average Bonchev–Trinajstić information content (AvgIpc) is 2.38. The van der Waals surface area contributed by atoms with E-state index in [0.29, 0.717) is 11.8 Å². The molecule has 0 saturated heterocycles. The molecule has 1 saturated carbocycles. The standard InChI is InChI=1S/C17H27BrN2O/c1-5-6-16-19-15(18)10-17(20-16)21-14-9-12(4)7-8-13(14)11(2)3/h10-14H,5-9H2,1-4H3. The van der Waals surface area contributed by atoms with Crippen molar-refractivity contribution in [3.63, 3.8) is 0 Å². The van der Waals surface area contributed by atoms with E-state index in [1.165, 1.54) is 12.8 Å². The number of aromatic nitrogens is 2. The molecule has 0 aromatic carbocycles. The number of nitrogens with zero attached hydrogens (tertiary/aromatic N) is 2. The second kappa shape index (κ2) is 7.57. The van der Waals surface area contributed by atoms with Gasteiger partial charge in [0.25, 0.3) is 0 Å². The summed E-state index contributed by atoms with van der Waals surface area (Å²) in [6.07, 6.45) is 5.93. The molecule has 2 rings (SSSR count). The van der Waals surface area contributed by atoms with Crippen LogP contribution in [-0.2, 0) is 6.42 Å².